The second-order valence-electron chi connectivity index (χ2n) is 6.26. The van der Waals surface area contributed by atoms with E-state index in [1.54, 1.807) is 6.20 Å². The Morgan fingerprint density at radius 1 is 1.19 bits per heavy atom. The number of thiophene rings is 1. The molecule has 3 N–H and O–H groups in total. The van der Waals surface area contributed by atoms with Crippen LogP contribution in [0.2, 0.25) is 0 Å². The monoisotopic (exact) mass is 373 g/mol. The quantitative estimate of drug-likeness (QED) is 0.804. The van der Waals surface area contributed by atoms with Crippen LogP contribution in [-0.2, 0) is 11.3 Å². The minimum absolute atomic E-state index is 0.0367. The van der Waals surface area contributed by atoms with Gasteiger partial charge in [0.15, 0.2) is 0 Å². The van der Waals surface area contributed by atoms with Crippen LogP contribution < -0.4 is 11.1 Å². The Morgan fingerprint density at radius 2 is 2.00 bits per heavy atom. The van der Waals surface area contributed by atoms with E-state index in [-0.39, 0.29) is 18.4 Å². The van der Waals surface area contributed by atoms with E-state index in [1.165, 1.54) is 11.3 Å². The lowest BCUT2D eigenvalue weighted by molar-refractivity contribution is -0.133. The number of urea groups is 1. The molecule has 1 aliphatic rings. The lowest BCUT2D eigenvalue weighted by Gasteiger charge is -2.35. The average Bonchev–Trinajstić information content (AvgIpc) is 3.17. The zero-order valence-electron chi connectivity index (χ0n) is 14.5. The third kappa shape index (κ3) is 5.03. The molecular weight excluding hydrogens is 350 g/mol. The number of hydrogen-bond acceptors (Lipinski definition) is 5. The van der Waals surface area contributed by atoms with Crippen LogP contribution in [0.25, 0.3) is 0 Å². The van der Waals surface area contributed by atoms with Crippen molar-refractivity contribution in [1.29, 1.82) is 0 Å². The Balaban J connectivity index is 1.51. The fraction of sp³-hybridized carbons (Fsp3) is 0.389. The molecule has 1 unspecified atom stereocenters. The summed E-state index contributed by atoms with van der Waals surface area (Å²) in [5.74, 6) is 0.0367. The molecule has 1 saturated heterocycles. The van der Waals surface area contributed by atoms with Crippen molar-refractivity contribution in [1.82, 2.24) is 20.1 Å². The Kier molecular flexibility index (Phi) is 6.19. The van der Waals surface area contributed by atoms with Gasteiger partial charge in [0, 0.05) is 43.8 Å². The summed E-state index contributed by atoms with van der Waals surface area (Å²) in [6.07, 6.45) is 2.02. The molecule has 3 heterocycles. The molecule has 1 aliphatic heterocycles. The summed E-state index contributed by atoms with van der Waals surface area (Å²) >= 11 is 1.51. The lowest BCUT2D eigenvalue weighted by atomic mass is 10.1. The van der Waals surface area contributed by atoms with Crippen molar-refractivity contribution in [2.24, 2.45) is 5.73 Å². The van der Waals surface area contributed by atoms with Crippen LogP contribution in [0.15, 0.2) is 41.9 Å². The highest BCUT2D eigenvalue weighted by Crippen LogP contribution is 2.23. The molecule has 0 aliphatic carbocycles. The number of rotatable bonds is 6. The molecule has 0 saturated carbocycles. The molecule has 0 aromatic carbocycles. The van der Waals surface area contributed by atoms with Gasteiger partial charge in [-0.15, -0.1) is 11.3 Å². The predicted octanol–water partition coefficient (Wildman–Crippen LogP) is 1.59. The summed E-state index contributed by atoms with van der Waals surface area (Å²) in [5.41, 5.74) is 6.30. The summed E-state index contributed by atoms with van der Waals surface area (Å²) < 4.78 is 0. The predicted molar refractivity (Wildman–Crippen MR) is 100 cm³/mol. The van der Waals surface area contributed by atoms with Crippen LogP contribution in [0, 0.1) is 0 Å². The second kappa shape index (κ2) is 8.77. The van der Waals surface area contributed by atoms with Gasteiger partial charge in [-0.1, -0.05) is 12.1 Å². The smallest absolute Gasteiger partial charge is 0.312 e. The molecule has 0 spiro atoms. The van der Waals surface area contributed by atoms with Gasteiger partial charge in [0.25, 0.3) is 0 Å². The molecule has 0 bridgehead atoms. The van der Waals surface area contributed by atoms with E-state index < -0.39 is 6.03 Å². The van der Waals surface area contributed by atoms with E-state index in [9.17, 15) is 9.59 Å². The normalized spacial score (nSPS) is 16.2. The topological polar surface area (TPSA) is 91.6 Å². The number of piperazine rings is 1. The van der Waals surface area contributed by atoms with Crippen LogP contribution in [0.5, 0.6) is 0 Å². The van der Waals surface area contributed by atoms with Crippen molar-refractivity contribution in [3.63, 3.8) is 0 Å². The summed E-state index contributed by atoms with van der Waals surface area (Å²) in [4.78, 5) is 33.4. The van der Waals surface area contributed by atoms with E-state index in [0.717, 1.165) is 30.2 Å². The Morgan fingerprint density at radius 3 is 2.62 bits per heavy atom. The van der Waals surface area contributed by atoms with Gasteiger partial charge in [0.1, 0.15) is 0 Å². The number of aromatic nitrogens is 1. The number of nitrogens with zero attached hydrogens (tertiary/aromatic N) is 3. The molecule has 138 valence electrons. The molecule has 8 heteroatoms. The molecule has 0 radical (unpaired) electrons. The first-order valence-corrected chi connectivity index (χ1v) is 9.49. The third-order valence-corrected chi connectivity index (χ3v) is 5.40. The minimum atomic E-state index is -0.614. The number of nitrogens with two attached hydrogens (primary N) is 1. The van der Waals surface area contributed by atoms with Crippen LogP contribution in [0.3, 0.4) is 0 Å². The van der Waals surface area contributed by atoms with Gasteiger partial charge in [-0.3, -0.25) is 14.7 Å². The number of primary amides is 1. The van der Waals surface area contributed by atoms with Gasteiger partial charge in [-0.05, 0) is 23.6 Å². The van der Waals surface area contributed by atoms with Crippen molar-refractivity contribution in [2.45, 2.75) is 19.0 Å². The number of amides is 3. The largest absolute Gasteiger partial charge is 0.352 e. The van der Waals surface area contributed by atoms with E-state index in [1.807, 2.05) is 40.6 Å². The number of hydrogen-bond donors (Lipinski definition) is 2. The number of pyridine rings is 1. The number of carbonyl (C=O) groups is 2. The maximum atomic E-state index is 12.7. The van der Waals surface area contributed by atoms with E-state index in [4.69, 9.17) is 5.73 Å². The van der Waals surface area contributed by atoms with Crippen molar-refractivity contribution < 1.29 is 9.59 Å². The van der Waals surface area contributed by atoms with E-state index in [2.05, 4.69) is 15.2 Å². The van der Waals surface area contributed by atoms with Gasteiger partial charge in [-0.2, -0.15) is 0 Å². The molecule has 2 aromatic heterocycles. The molecule has 3 amide bonds. The van der Waals surface area contributed by atoms with Gasteiger partial charge in [0.2, 0.25) is 5.91 Å². The fourth-order valence-electron chi connectivity index (χ4n) is 3.06. The summed E-state index contributed by atoms with van der Waals surface area (Å²) in [6, 6.07) is 8.73. The number of carbonyl (C=O) groups excluding carboxylic acids is 2. The first-order valence-electron chi connectivity index (χ1n) is 8.61. The highest BCUT2D eigenvalue weighted by Gasteiger charge is 2.25. The van der Waals surface area contributed by atoms with Crippen LogP contribution in [0.1, 0.15) is 23.0 Å². The van der Waals surface area contributed by atoms with Gasteiger partial charge in [0.05, 0.1) is 18.2 Å². The summed E-state index contributed by atoms with van der Waals surface area (Å²) in [5, 5.41) is 4.60. The van der Waals surface area contributed by atoms with Crippen LogP contribution >= 0.6 is 11.3 Å². The standard InChI is InChI=1S/C18H23N5O2S/c19-18(25)21-15(16-5-3-11-26-16)12-17(24)23-9-7-22(8-10-23)13-14-4-1-2-6-20-14/h1-6,11,15H,7-10,12-13H2,(H3,19,21,25). The summed E-state index contributed by atoms with van der Waals surface area (Å²) in [7, 11) is 0. The molecule has 7 nitrogen and oxygen atoms in total. The zero-order valence-corrected chi connectivity index (χ0v) is 15.3. The van der Waals surface area contributed by atoms with Crippen molar-refractivity contribution in [2.75, 3.05) is 26.2 Å². The highest BCUT2D eigenvalue weighted by atomic mass is 32.1. The van der Waals surface area contributed by atoms with Crippen molar-refractivity contribution in [3.05, 3.63) is 52.5 Å². The van der Waals surface area contributed by atoms with Gasteiger partial charge >= 0.3 is 6.03 Å². The first kappa shape index (κ1) is 18.3. The van der Waals surface area contributed by atoms with E-state index in [0.29, 0.717) is 13.1 Å². The van der Waals surface area contributed by atoms with Crippen LogP contribution in [0.4, 0.5) is 4.79 Å². The summed E-state index contributed by atoms with van der Waals surface area (Å²) in [6.45, 7) is 3.78. The molecule has 1 fully saturated rings. The first-order chi connectivity index (χ1) is 12.6. The maximum Gasteiger partial charge on any atom is 0.312 e. The highest BCUT2D eigenvalue weighted by molar-refractivity contribution is 7.10. The Labute approximate surface area is 156 Å². The fourth-order valence-corrected chi connectivity index (χ4v) is 3.84. The Bertz CT molecular complexity index is 714. The van der Waals surface area contributed by atoms with Gasteiger partial charge in [-0.25, -0.2) is 4.79 Å². The maximum absolute atomic E-state index is 12.7. The molecule has 3 rings (SSSR count). The SMILES string of the molecule is NC(=O)NC(CC(=O)N1CCN(Cc2ccccn2)CC1)c1cccs1. The van der Waals surface area contributed by atoms with Crippen molar-refractivity contribution in [3.8, 4) is 0 Å². The second-order valence-corrected chi connectivity index (χ2v) is 7.24. The zero-order chi connectivity index (χ0) is 18.4. The van der Waals surface area contributed by atoms with Crippen molar-refractivity contribution >= 4 is 23.3 Å². The lowest BCUT2D eigenvalue weighted by Crippen LogP contribution is -2.49. The third-order valence-electron chi connectivity index (χ3n) is 4.42. The van der Waals surface area contributed by atoms with Crippen LogP contribution in [-0.4, -0.2) is 52.9 Å². The molecule has 1 atom stereocenters. The van der Waals surface area contributed by atoms with Gasteiger partial charge < -0.3 is 16.0 Å². The molecule has 26 heavy (non-hydrogen) atoms. The molecular formula is C18H23N5O2S. The average molecular weight is 373 g/mol. The number of nitrogens with one attached hydrogen (secondary N) is 1. The Hall–Kier alpha value is -2.45. The van der Waals surface area contributed by atoms with E-state index >= 15 is 0 Å². The molecule has 2 aromatic rings. The minimum Gasteiger partial charge on any atom is -0.352 e.